The Bertz CT molecular complexity index is 914. The van der Waals surface area contributed by atoms with Gasteiger partial charge in [-0.05, 0) is 71.2 Å². The number of ether oxygens (including phenoxy) is 2. The van der Waals surface area contributed by atoms with Crippen molar-refractivity contribution >= 4 is 74.9 Å². The molecule has 0 fully saturated rings. The molecule has 0 unspecified atom stereocenters. The molecule has 28 heavy (non-hydrogen) atoms. The maximum absolute atomic E-state index is 12.1. The van der Waals surface area contributed by atoms with Crippen molar-refractivity contribution in [3.63, 3.8) is 0 Å². The van der Waals surface area contributed by atoms with E-state index in [1.807, 2.05) is 0 Å². The Kier molecular flexibility index (Phi) is 8.55. The van der Waals surface area contributed by atoms with Gasteiger partial charge in [0.05, 0.1) is 15.7 Å². The number of nitrogens with one attached hydrogen (secondary N) is 3. The molecule has 148 valence electrons. The molecule has 3 N–H and O–H groups in total. The van der Waals surface area contributed by atoms with Crippen LogP contribution in [0.15, 0.2) is 36.4 Å². The van der Waals surface area contributed by atoms with E-state index in [4.69, 9.17) is 44.9 Å². The zero-order chi connectivity index (χ0) is 20.7. The van der Waals surface area contributed by atoms with E-state index in [0.717, 1.165) is 3.57 Å². The monoisotopic (exact) mass is 553 g/mol. The second-order valence-corrected chi connectivity index (χ2v) is 7.58. The van der Waals surface area contributed by atoms with Crippen molar-refractivity contribution < 1.29 is 19.1 Å². The minimum atomic E-state index is -0.531. The number of benzene rings is 2. The normalized spacial score (nSPS) is 10.0. The van der Waals surface area contributed by atoms with Crippen LogP contribution < -0.4 is 25.6 Å². The number of methoxy groups -OCH3 is 1. The molecular weight excluding hydrogens is 540 g/mol. The standard InChI is InChI=1S/C17H14Cl2IN3O4S/c1-26-14-4-2-9(6-12(14)20)16(25)22-23-17(28)21-15(24)8-27-13-5-3-10(18)7-11(13)19/h2-7H,8H2,1H3,(H,22,25)(H2,21,23,24,28). The molecule has 0 atom stereocenters. The van der Waals surface area contributed by atoms with Crippen molar-refractivity contribution in [2.75, 3.05) is 13.7 Å². The summed E-state index contributed by atoms with van der Waals surface area (Å²) in [6, 6.07) is 9.56. The van der Waals surface area contributed by atoms with Crippen LogP contribution >= 0.6 is 58.0 Å². The molecular formula is C17H14Cl2IN3O4S. The van der Waals surface area contributed by atoms with Crippen LogP contribution in [0, 0.1) is 3.57 Å². The molecule has 0 saturated heterocycles. The zero-order valence-corrected chi connectivity index (χ0v) is 18.8. The quantitative estimate of drug-likeness (QED) is 0.299. The lowest BCUT2D eigenvalue weighted by molar-refractivity contribution is -0.121. The number of carbonyl (C=O) groups is 2. The first-order valence-electron chi connectivity index (χ1n) is 7.61. The van der Waals surface area contributed by atoms with Gasteiger partial charge in [0.2, 0.25) is 0 Å². The van der Waals surface area contributed by atoms with Gasteiger partial charge in [-0.3, -0.25) is 25.8 Å². The number of hydrogen-bond donors (Lipinski definition) is 3. The lowest BCUT2D eigenvalue weighted by Gasteiger charge is -2.12. The average Bonchev–Trinajstić information content (AvgIpc) is 2.65. The van der Waals surface area contributed by atoms with Crippen LogP contribution in [-0.4, -0.2) is 30.6 Å². The van der Waals surface area contributed by atoms with E-state index in [2.05, 4.69) is 38.8 Å². The third-order valence-electron chi connectivity index (χ3n) is 3.21. The average molecular weight is 554 g/mol. The van der Waals surface area contributed by atoms with Gasteiger partial charge in [-0.1, -0.05) is 23.2 Å². The summed E-state index contributed by atoms with van der Waals surface area (Å²) in [5.41, 5.74) is 5.23. The number of thiocarbonyl (C=S) groups is 1. The van der Waals surface area contributed by atoms with E-state index in [9.17, 15) is 9.59 Å². The first-order valence-corrected chi connectivity index (χ1v) is 9.86. The van der Waals surface area contributed by atoms with Crippen molar-refractivity contribution in [3.8, 4) is 11.5 Å². The third-order valence-corrected chi connectivity index (χ3v) is 4.79. The molecule has 0 aliphatic heterocycles. The van der Waals surface area contributed by atoms with E-state index >= 15 is 0 Å². The fourth-order valence-electron chi connectivity index (χ4n) is 1.92. The summed E-state index contributed by atoms with van der Waals surface area (Å²) in [6.45, 7) is -0.326. The Morgan fingerprint density at radius 2 is 1.82 bits per heavy atom. The molecule has 2 aromatic rings. The van der Waals surface area contributed by atoms with E-state index in [0.29, 0.717) is 22.1 Å². The number of amides is 2. The highest BCUT2D eigenvalue weighted by atomic mass is 127. The highest BCUT2D eigenvalue weighted by Crippen LogP contribution is 2.27. The molecule has 2 rings (SSSR count). The first-order chi connectivity index (χ1) is 13.3. The summed E-state index contributed by atoms with van der Waals surface area (Å²) in [5.74, 6) is 0.00863. The molecule has 0 aliphatic carbocycles. The lowest BCUT2D eigenvalue weighted by Crippen LogP contribution is -2.49. The summed E-state index contributed by atoms with van der Waals surface area (Å²) in [7, 11) is 1.55. The van der Waals surface area contributed by atoms with Gasteiger partial charge in [0.1, 0.15) is 11.5 Å². The lowest BCUT2D eigenvalue weighted by atomic mass is 10.2. The molecule has 2 amide bonds. The van der Waals surface area contributed by atoms with Crippen LogP contribution in [0.2, 0.25) is 10.0 Å². The molecule has 0 aliphatic rings. The number of hydrogen-bond acceptors (Lipinski definition) is 5. The fourth-order valence-corrected chi connectivity index (χ4v) is 3.29. The van der Waals surface area contributed by atoms with Crippen molar-refractivity contribution in [2.24, 2.45) is 0 Å². The van der Waals surface area contributed by atoms with Crippen LogP contribution in [0.3, 0.4) is 0 Å². The van der Waals surface area contributed by atoms with Crippen molar-refractivity contribution in [1.29, 1.82) is 0 Å². The van der Waals surface area contributed by atoms with Gasteiger partial charge >= 0.3 is 0 Å². The fraction of sp³-hybridized carbons (Fsp3) is 0.118. The maximum Gasteiger partial charge on any atom is 0.269 e. The molecule has 0 aromatic heterocycles. The predicted octanol–water partition coefficient (Wildman–Crippen LogP) is 3.32. The van der Waals surface area contributed by atoms with E-state index < -0.39 is 11.8 Å². The summed E-state index contributed by atoms with van der Waals surface area (Å²) >= 11 is 18.8. The Morgan fingerprint density at radius 3 is 2.46 bits per heavy atom. The Morgan fingerprint density at radius 1 is 1.11 bits per heavy atom. The van der Waals surface area contributed by atoms with Crippen molar-refractivity contribution in [2.45, 2.75) is 0 Å². The van der Waals surface area contributed by atoms with E-state index in [1.54, 1.807) is 37.4 Å². The first kappa shape index (κ1) is 22.5. The van der Waals surface area contributed by atoms with Crippen molar-refractivity contribution in [3.05, 3.63) is 55.6 Å². The van der Waals surface area contributed by atoms with Crippen LogP contribution in [0.25, 0.3) is 0 Å². The van der Waals surface area contributed by atoms with Gasteiger partial charge in [-0.2, -0.15) is 0 Å². The van der Waals surface area contributed by atoms with Gasteiger partial charge in [-0.15, -0.1) is 0 Å². The largest absolute Gasteiger partial charge is 0.496 e. The molecule has 2 aromatic carbocycles. The molecule has 0 spiro atoms. The molecule has 11 heteroatoms. The number of halogens is 3. The Hall–Kier alpha value is -1.82. The zero-order valence-electron chi connectivity index (χ0n) is 14.3. The third kappa shape index (κ3) is 6.66. The predicted molar refractivity (Wildman–Crippen MR) is 119 cm³/mol. The topological polar surface area (TPSA) is 88.7 Å². The second-order valence-electron chi connectivity index (χ2n) is 5.17. The SMILES string of the molecule is COc1ccc(C(=O)NNC(=S)NC(=O)COc2ccc(Cl)cc2Cl)cc1I. The minimum Gasteiger partial charge on any atom is -0.496 e. The van der Waals surface area contributed by atoms with E-state index in [-0.39, 0.29) is 16.7 Å². The maximum atomic E-state index is 12.1. The number of rotatable bonds is 5. The van der Waals surface area contributed by atoms with E-state index in [1.165, 1.54) is 6.07 Å². The summed E-state index contributed by atoms with van der Waals surface area (Å²) in [6.07, 6.45) is 0. The highest BCUT2D eigenvalue weighted by molar-refractivity contribution is 14.1. The van der Waals surface area contributed by atoms with Crippen LogP contribution in [0.4, 0.5) is 0 Å². The molecule has 7 nitrogen and oxygen atoms in total. The Labute approximate surface area is 190 Å². The van der Waals surface area contributed by atoms with Gasteiger partial charge in [0, 0.05) is 10.6 Å². The van der Waals surface area contributed by atoms with Gasteiger partial charge < -0.3 is 9.47 Å². The van der Waals surface area contributed by atoms with Crippen LogP contribution in [0.5, 0.6) is 11.5 Å². The summed E-state index contributed by atoms with van der Waals surface area (Å²) in [4.78, 5) is 24.0. The minimum absolute atomic E-state index is 0.0904. The van der Waals surface area contributed by atoms with Gasteiger partial charge in [0.25, 0.3) is 11.8 Å². The molecule has 0 radical (unpaired) electrons. The molecule has 0 heterocycles. The smallest absolute Gasteiger partial charge is 0.269 e. The molecule has 0 saturated carbocycles. The summed E-state index contributed by atoms with van der Waals surface area (Å²) in [5, 5.41) is 3.01. The van der Waals surface area contributed by atoms with Gasteiger partial charge in [0.15, 0.2) is 11.7 Å². The van der Waals surface area contributed by atoms with Crippen LogP contribution in [0.1, 0.15) is 10.4 Å². The number of hydrazine groups is 1. The van der Waals surface area contributed by atoms with Gasteiger partial charge in [-0.25, -0.2) is 0 Å². The molecule has 0 bridgehead atoms. The number of carbonyl (C=O) groups excluding carboxylic acids is 2. The van der Waals surface area contributed by atoms with Crippen molar-refractivity contribution in [1.82, 2.24) is 16.2 Å². The second kappa shape index (κ2) is 10.6. The highest BCUT2D eigenvalue weighted by Gasteiger charge is 2.11. The van der Waals surface area contributed by atoms with Crippen LogP contribution in [-0.2, 0) is 4.79 Å². The Balaban J connectivity index is 1.79. The summed E-state index contributed by atoms with van der Waals surface area (Å²) < 4.78 is 11.2.